The van der Waals surface area contributed by atoms with Crippen molar-refractivity contribution in [3.05, 3.63) is 65.5 Å². The molecule has 148 valence electrons. The monoisotopic (exact) mass is 398 g/mol. The number of hydrazine groups is 1. The summed E-state index contributed by atoms with van der Waals surface area (Å²) >= 11 is 0. The third-order valence-corrected chi connectivity index (χ3v) is 3.41. The first kappa shape index (κ1) is 21.0. The first-order valence-electron chi connectivity index (χ1n) is 8.18. The summed E-state index contributed by atoms with van der Waals surface area (Å²) in [6.07, 6.45) is -0.299. The summed E-state index contributed by atoms with van der Waals surface area (Å²) in [6.45, 7) is -0.683. The molecule has 0 bridgehead atoms. The number of carbonyl (C=O) groups is 4. The van der Waals surface area contributed by atoms with E-state index in [4.69, 9.17) is 10.00 Å². The standard InChI is InChI=1S/C19H15FN4O5/c20-15-4-2-1-3-14(15)18(27)24-23-17(26)11-29-19(28)12-5-7-13(8-6-12)22-16(25)9-10-21/h1-8H,9,11H2,(H,22,25)(H,23,26)(H,24,27). The lowest BCUT2D eigenvalue weighted by molar-refractivity contribution is -0.125. The van der Waals surface area contributed by atoms with Gasteiger partial charge in [0.25, 0.3) is 11.8 Å². The van der Waals surface area contributed by atoms with Crippen LogP contribution in [-0.2, 0) is 14.3 Å². The lowest BCUT2D eigenvalue weighted by Crippen LogP contribution is -2.43. The van der Waals surface area contributed by atoms with Gasteiger partial charge in [-0.05, 0) is 36.4 Å². The van der Waals surface area contributed by atoms with E-state index >= 15 is 0 Å². The number of halogens is 1. The molecule has 10 heteroatoms. The van der Waals surface area contributed by atoms with Crippen LogP contribution in [-0.4, -0.2) is 30.3 Å². The molecular weight excluding hydrogens is 383 g/mol. The molecule has 2 aromatic carbocycles. The van der Waals surface area contributed by atoms with E-state index in [1.807, 2.05) is 10.9 Å². The molecule has 29 heavy (non-hydrogen) atoms. The number of amides is 3. The highest BCUT2D eigenvalue weighted by atomic mass is 19.1. The Hall–Kier alpha value is -4.26. The summed E-state index contributed by atoms with van der Waals surface area (Å²) in [7, 11) is 0. The Morgan fingerprint density at radius 1 is 0.966 bits per heavy atom. The molecule has 9 nitrogen and oxygen atoms in total. The number of hydrogen-bond acceptors (Lipinski definition) is 6. The van der Waals surface area contributed by atoms with Crippen LogP contribution in [0.5, 0.6) is 0 Å². The van der Waals surface area contributed by atoms with Gasteiger partial charge in [0, 0.05) is 5.69 Å². The maximum Gasteiger partial charge on any atom is 0.338 e. The predicted octanol–water partition coefficient (Wildman–Crippen LogP) is 1.30. The second-order valence-corrected chi connectivity index (χ2v) is 5.52. The fourth-order valence-corrected chi connectivity index (χ4v) is 2.06. The van der Waals surface area contributed by atoms with Crippen LogP contribution in [0.2, 0.25) is 0 Å². The van der Waals surface area contributed by atoms with Crippen LogP contribution in [0.1, 0.15) is 27.1 Å². The number of rotatable bonds is 6. The molecule has 0 aromatic heterocycles. The van der Waals surface area contributed by atoms with Gasteiger partial charge in [0.05, 0.1) is 17.2 Å². The minimum atomic E-state index is -0.864. The Morgan fingerprint density at radius 3 is 2.31 bits per heavy atom. The first-order chi connectivity index (χ1) is 13.9. The van der Waals surface area contributed by atoms with E-state index in [1.54, 1.807) is 6.07 Å². The Labute approximate surface area is 164 Å². The molecule has 3 amide bonds. The van der Waals surface area contributed by atoms with E-state index in [0.717, 1.165) is 6.07 Å². The fourth-order valence-electron chi connectivity index (χ4n) is 2.06. The van der Waals surface area contributed by atoms with Gasteiger partial charge >= 0.3 is 5.97 Å². The Bertz CT molecular complexity index is 969. The van der Waals surface area contributed by atoms with Crippen molar-refractivity contribution in [2.24, 2.45) is 0 Å². The molecule has 2 aromatic rings. The first-order valence-corrected chi connectivity index (χ1v) is 8.18. The van der Waals surface area contributed by atoms with Gasteiger partial charge in [-0.1, -0.05) is 12.1 Å². The maximum atomic E-state index is 13.5. The zero-order chi connectivity index (χ0) is 21.2. The SMILES string of the molecule is N#CCC(=O)Nc1ccc(C(=O)OCC(=O)NNC(=O)c2ccccc2F)cc1. The quantitative estimate of drug-likeness (QED) is 0.495. The molecule has 0 atom stereocenters. The van der Waals surface area contributed by atoms with E-state index in [-0.39, 0.29) is 17.5 Å². The van der Waals surface area contributed by atoms with Crippen molar-refractivity contribution in [1.29, 1.82) is 5.26 Å². The Kier molecular flexibility index (Phi) is 7.38. The second-order valence-electron chi connectivity index (χ2n) is 5.52. The van der Waals surface area contributed by atoms with Gasteiger partial charge in [0.2, 0.25) is 5.91 Å². The van der Waals surface area contributed by atoms with Crippen molar-refractivity contribution in [3.8, 4) is 6.07 Å². The second kappa shape index (κ2) is 10.2. The molecule has 0 unspecified atom stereocenters. The van der Waals surface area contributed by atoms with Crippen LogP contribution in [0.15, 0.2) is 48.5 Å². The van der Waals surface area contributed by atoms with E-state index in [0.29, 0.717) is 5.69 Å². The van der Waals surface area contributed by atoms with E-state index in [1.165, 1.54) is 42.5 Å². The number of nitrogens with zero attached hydrogens (tertiary/aromatic N) is 1. The van der Waals surface area contributed by atoms with Gasteiger partial charge in [0.15, 0.2) is 6.61 Å². The lowest BCUT2D eigenvalue weighted by atomic mass is 10.2. The third-order valence-electron chi connectivity index (χ3n) is 3.41. The number of nitriles is 1. The Morgan fingerprint density at radius 2 is 1.66 bits per heavy atom. The summed E-state index contributed by atoms with van der Waals surface area (Å²) in [6, 6.07) is 12.5. The highest BCUT2D eigenvalue weighted by Crippen LogP contribution is 2.11. The van der Waals surface area contributed by atoms with Crippen molar-refractivity contribution in [1.82, 2.24) is 10.9 Å². The van der Waals surface area contributed by atoms with Crippen LogP contribution in [0, 0.1) is 17.1 Å². The van der Waals surface area contributed by atoms with Gasteiger partial charge in [-0.15, -0.1) is 0 Å². The third kappa shape index (κ3) is 6.44. The highest BCUT2D eigenvalue weighted by molar-refractivity contribution is 5.96. The average Bonchev–Trinajstić information content (AvgIpc) is 2.71. The molecule has 2 rings (SSSR count). The molecule has 0 fully saturated rings. The van der Waals surface area contributed by atoms with E-state index in [9.17, 15) is 23.6 Å². The maximum absolute atomic E-state index is 13.5. The summed E-state index contributed by atoms with van der Waals surface area (Å²) in [5.74, 6) is -3.74. The largest absolute Gasteiger partial charge is 0.452 e. The number of hydrogen-bond donors (Lipinski definition) is 3. The van der Waals surface area contributed by atoms with E-state index in [2.05, 4.69) is 5.32 Å². The van der Waals surface area contributed by atoms with Gasteiger partial charge in [-0.2, -0.15) is 5.26 Å². The minimum Gasteiger partial charge on any atom is -0.452 e. The summed E-state index contributed by atoms with van der Waals surface area (Å²) < 4.78 is 18.3. The zero-order valence-corrected chi connectivity index (χ0v) is 14.9. The smallest absolute Gasteiger partial charge is 0.338 e. The van der Waals surface area contributed by atoms with Crippen molar-refractivity contribution >= 4 is 29.4 Å². The van der Waals surface area contributed by atoms with Gasteiger partial charge < -0.3 is 10.1 Å². The summed E-state index contributed by atoms with van der Waals surface area (Å²) in [5, 5.41) is 10.9. The number of carbonyl (C=O) groups excluding carboxylic acids is 4. The molecule has 0 aliphatic rings. The fraction of sp³-hybridized carbons (Fsp3) is 0.105. The van der Waals surface area contributed by atoms with Crippen molar-refractivity contribution in [2.75, 3.05) is 11.9 Å². The summed E-state index contributed by atoms with van der Waals surface area (Å²) in [4.78, 5) is 46.7. The highest BCUT2D eigenvalue weighted by Gasteiger charge is 2.14. The van der Waals surface area contributed by atoms with Gasteiger partial charge in [-0.25, -0.2) is 9.18 Å². The van der Waals surface area contributed by atoms with Crippen molar-refractivity contribution in [3.63, 3.8) is 0 Å². The van der Waals surface area contributed by atoms with Crippen molar-refractivity contribution in [2.45, 2.75) is 6.42 Å². The zero-order valence-electron chi connectivity index (χ0n) is 14.9. The van der Waals surface area contributed by atoms with Crippen LogP contribution >= 0.6 is 0 Å². The average molecular weight is 398 g/mol. The van der Waals surface area contributed by atoms with Gasteiger partial charge in [0.1, 0.15) is 12.2 Å². The molecule has 0 saturated carbocycles. The van der Waals surface area contributed by atoms with Crippen LogP contribution < -0.4 is 16.2 Å². The normalized spacial score (nSPS) is 9.66. The number of benzene rings is 2. The molecule has 0 saturated heterocycles. The van der Waals surface area contributed by atoms with Crippen LogP contribution in [0.25, 0.3) is 0 Å². The molecule has 0 radical (unpaired) electrons. The molecule has 0 aliphatic heterocycles. The van der Waals surface area contributed by atoms with Gasteiger partial charge in [-0.3, -0.25) is 25.2 Å². The number of ether oxygens (including phenoxy) is 1. The molecule has 0 heterocycles. The number of anilines is 1. The Balaban J connectivity index is 1.79. The summed E-state index contributed by atoms with van der Waals surface area (Å²) in [5.41, 5.74) is 4.25. The van der Waals surface area contributed by atoms with Crippen LogP contribution in [0.3, 0.4) is 0 Å². The lowest BCUT2D eigenvalue weighted by Gasteiger charge is -2.09. The molecule has 0 aliphatic carbocycles. The van der Waals surface area contributed by atoms with E-state index < -0.39 is 36.1 Å². The topological polar surface area (TPSA) is 137 Å². The number of nitrogens with one attached hydrogen (secondary N) is 3. The molecule has 3 N–H and O–H groups in total. The van der Waals surface area contributed by atoms with Crippen LogP contribution in [0.4, 0.5) is 10.1 Å². The predicted molar refractivity (Wildman–Crippen MR) is 97.6 cm³/mol. The minimum absolute atomic E-state index is 0.117. The van der Waals surface area contributed by atoms with Crippen molar-refractivity contribution < 1.29 is 28.3 Å². The number of esters is 1. The molecular formula is C19H15FN4O5. The molecule has 0 spiro atoms.